The first kappa shape index (κ1) is 12.6. The lowest BCUT2D eigenvalue weighted by Gasteiger charge is -2.20. The van der Waals surface area contributed by atoms with Crippen LogP contribution in [0, 0.1) is 6.92 Å². The van der Waals surface area contributed by atoms with Crippen LogP contribution in [0.5, 0.6) is 0 Å². The number of aromatic nitrogens is 1. The van der Waals surface area contributed by atoms with Gasteiger partial charge < -0.3 is 5.32 Å². The standard InChI is InChI=1S/C12H19N3O/c1-8-5-6-14-7-11(8)9(2)15-10(3)12(16)13-4/h5-7,9-10,15H,1-4H3,(H,13,16)/t9?,10-/m1/s1. The molecule has 4 nitrogen and oxygen atoms in total. The van der Waals surface area contributed by atoms with Gasteiger partial charge in [-0.05, 0) is 38.0 Å². The van der Waals surface area contributed by atoms with Crippen LogP contribution in [-0.2, 0) is 4.79 Å². The van der Waals surface area contributed by atoms with Gasteiger partial charge in [0.25, 0.3) is 0 Å². The molecule has 0 aliphatic carbocycles. The van der Waals surface area contributed by atoms with Crippen molar-refractivity contribution in [2.45, 2.75) is 32.9 Å². The van der Waals surface area contributed by atoms with Gasteiger partial charge in [0.1, 0.15) is 0 Å². The molecule has 2 N–H and O–H groups in total. The summed E-state index contributed by atoms with van der Waals surface area (Å²) in [5.74, 6) is -0.00612. The van der Waals surface area contributed by atoms with Gasteiger partial charge in [0.15, 0.2) is 0 Å². The van der Waals surface area contributed by atoms with Gasteiger partial charge in [0.05, 0.1) is 6.04 Å². The van der Waals surface area contributed by atoms with E-state index in [1.54, 1.807) is 13.2 Å². The second-order valence-electron chi connectivity index (χ2n) is 3.96. The van der Waals surface area contributed by atoms with Gasteiger partial charge in [0.2, 0.25) is 5.91 Å². The number of likely N-dealkylation sites (N-methyl/N-ethyl adjacent to an activating group) is 1. The highest BCUT2D eigenvalue weighted by atomic mass is 16.2. The molecule has 0 spiro atoms. The summed E-state index contributed by atoms with van der Waals surface area (Å²) in [5, 5.41) is 5.85. The van der Waals surface area contributed by atoms with Crippen molar-refractivity contribution in [2.24, 2.45) is 0 Å². The van der Waals surface area contributed by atoms with E-state index in [-0.39, 0.29) is 18.0 Å². The van der Waals surface area contributed by atoms with E-state index in [9.17, 15) is 4.79 Å². The molecule has 4 heteroatoms. The monoisotopic (exact) mass is 221 g/mol. The van der Waals surface area contributed by atoms with Gasteiger partial charge >= 0.3 is 0 Å². The van der Waals surface area contributed by atoms with Crippen molar-refractivity contribution in [3.05, 3.63) is 29.6 Å². The summed E-state index contributed by atoms with van der Waals surface area (Å²) in [6, 6.07) is 1.87. The van der Waals surface area contributed by atoms with Crippen LogP contribution in [0.1, 0.15) is 31.0 Å². The Morgan fingerprint density at radius 3 is 2.69 bits per heavy atom. The number of carbonyl (C=O) groups excluding carboxylic acids is 1. The van der Waals surface area contributed by atoms with Crippen molar-refractivity contribution in [1.29, 1.82) is 0 Å². The molecule has 88 valence electrons. The highest BCUT2D eigenvalue weighted by molar-refractivity contribution is 5.80. The zero-order chi connectivity index (χ0) is 12.1. The van der Waals surface area contributed by atoms with Gasteiger partial charge in [-0.15, -0.1) is 0 Å². The van der Waals surface area contributed by atoms with E-state index in [1.165, 1.54) is 5.56 Å². The first-order valence-corrected chi connectivity index (χ1v) is 5.44. The highest BCUT2D eigenvalue weighted by Gasteiger charge is 2.15. The van der Waals surface area contributed by atoms with Crippen molar-refractivity contribution >= 4 is 5.91 Å². The van der Waals surface area contributed by atoms with E-state index >= 15 is 0 Å². The number of nitrogens with one attached hydrogen (secondary N) is 2. The topological polar surface area (TPSA) is 54.0 Å². The van der Waals surface area contributed by atoms with Crippen LogP contribution in [-0.4, -0.2) is 24.0 Å². The third-order valence-corrected chi connectivity index (χ3v) is 2.69. The van der Waals surface area contributed by atoms with E-state index in [4.69, 9.17) is 0 Å². The molecule has 1 aromatic rings. The average Bonchev–Trinajstić information content (AvgIpc) is 2.28. The number of hydrogen-bond acceptors (Lipinski definition) is 3. The number of hydrogen-bond donors (Lipinski definition) is 2. The minimum absolute atomic E-state index is 0.00612. The first-order chi connectivity index (χ1) is 7.56. The molecule has 1 unspecified atom stereocenters. The lowest BCUT2D eigenvalue weighted by atomic mass is 10.0. The van der Waals surface area contributed by atoms with Crippen LogP contribution < -0.4 is 10.6 Å². The molecule has 1 rings (SSSR count). The Balaban J connectivity index is 2.69. The summed E-state index contributed by atoms with van der Waals surface area (Å²) in [7, 11) is 1.64. The Hall–Kier alpha value is -1.42. The largest absolute Gasteiger partial charge is 0.358 e. The quantitative estimate of drug-likeness (QED) is 0.802. The maximum atomic E-state index is 11.4. The number of carbonyl (C=O) groups is 1. The van der Waals surface area contributed by atoms with E-state index in [2.05, 4.69) is 15.6 Å². The maximum Gasteiger partial charge on any atom is 0.236 e. The van der Waals surface area contributed by atoms with Gasteiger partial charge in [-0.1, -0.05) is 0 Å². The predicted octanol–water partition coefficient (Wildman–Crippen LogP) is 1.18. The van der Waals surface area contributed by atoms with Crippen LogP contribution >= 0.6 is 0 Å². The highest BCUT2D eigenvalue weighted by Crippen LogP contribution is 2.15. The lowest BCUT2D eigenvalue weighted by molar-refractivity contribution is -0.122. The van der Waals surface area contributed by atoms with E-state index in [0.29, 0.717) is 0 Å². The minimum atomic E-state index is -0.209. The van der Waals surface area contributed by atoms with Crippen LogP contribution in [0.3, 0.4) is 0 Å². The summed E-state index contributed by atoms with van der Waals surface area (Å²) in [6.45, 7) is 5.92. The molecule has 2 atom stereocenters. The van der Waals surface area contributed by atoms with Gasteiger partial charge in [0, 0.05) is 25.5 Å². The zero-order valence-electron chi connectivity index (χ0n) is 10.2. The summed E-state index contributed by atoms with van der Waals surface area (Å²) in [4.78, 5) is 15.5. The Bertz CT molecular complexity index is 365. The SMILES string of the molecule is CNC(=O)[C@@H](C)NC(C)c1cnccc1C. The van der Waals surface area contributed by atoms with E-state index in [1.807, 2.05) is 33.0 Å². The zero-order valence-corrected chi connectivity index (χ0v) is 10.2. The molecule has 0 saturated carbocycles. The van der Waals surface area contributed by atoms with Gasteiger partial charge in [-0.3, -0.25) is 15.1 Å². The summed E-state index contributed by atoms with van der Waals surface area (Å²) < 4.78 is 0. The molecule has 16 heavy (non-hydrogen) atoms. The summed E-state index contributed by atoms with van der Waals surface area (Å²) >= 11 is 0. The second-order valence-corrected chi connectivity index (χ2v) is 3.96. The number of rotatable bonds is 4. The van der Waals surface area contributed by atoms with Crippen LogP contribution in [0.25, 0.3) is 0 Å². The fourth-order valence-electron chi connectivity index (χ4n) is 1.69. The molecule has 0 aromatic carbocycles. The van der Waals surface area contributed by atoms with Crippen molar-refractivity contribution in [2.75, 3.05) is 7.05 Å². The Labute approximate surface area is 96.5 Å². The molecule has 0 aliphatic heterocycles. The maximum absolute atomic E-state index is 11.4. The molecule has 1 heterocycles. The number of amides is 1. The molecule has 1 aromatic heterocycles. The Kier molecular flexibility index (Phi) is 4.43. The third kappa shape index (κ3) is 3.03. The fraction of sp³-hybridized carbons (Fsp3) is 0.500. The fourth-order valence-corrected chi connectivity index (χ4v) is 1.69. The predicted molar refractivity (Wildman–Crippen MR) is 64.1 cm³/mol. The molecule has 1 amide bonds. The number of pyridine rings is 1. The van der Waals surface area contributed by atoms with Crippen LogP contribution in [0.2, 0.25) is 0 Å². The minimum Gasteiger partial charge on any atom is -0.358 e. The average molecular weight is 221 g/mol. The first-order valence-electron chi connectivity index (χ1n) is 5.44. The Morgan fingerprint density at radius 1 is 1.44 bits per heavy atom. The van der Waals surface area contributed by atoms with Crippen molar-refractivity contribution in [3.63, 3.8) is 0 Å². The van der Waals surface area contributed by atoms with Crippen LogP contribution in [0.15, 0.2) is 18.5 Å². The molecule has 0 saturated heterocycles. The smallest absolute Gasteiger partial charge is 0.236 e. The Morgan fingerprint density at radius 2 is 2.12 bits per heavy atom. The normalized spacial score (nSPS) is 14.2. The number of aryl methyl sites for hydroxylation is 1. The van der Waals surface area contributed by atoms with Gasteiger partial charge in [-0.2, -0.15) is 0 Å². The van der Waals surface area contributed by atoms with Crippen LogP contribution in [0.4, 0.5) is 0 Å². The third-order valence-electron chi connectivity index (χ3n) is 2.69. The molecular weight excluding hydrogens is 202 g/mol. The second kappa shape index (κ2) is 5.61. The van der Waals surface area contributed by atoms with Crippen molar-refractivity contribution < 1.29 is 4.79 Å². The summed E-state index contributed by atoms with van der Waals surface area (Å²) in [6.07, 6.45) is 3.61. The van der Waals surface area contributed by atoms with E-state index < -0.39 is 0 Å². The molecular formula is C12H19N3O. The molecule has 0 fully saturated rings. The van der Waals surface area contributed by atoms with Crippen molar-refractivity contribution in [1.82, 2.24) is 15.6 Å². The van der Waals surface area contributed by atoms with Gasteiger partial charge in [-0.25, -0.2) is 0 Å². The molecule has 0 radical (unpaired) electrons. The number of nitrogens with zero attached hydrogens (tertiary/aromatic N) is 1. The summed E-state index contributed by atoms with van der Waals surface area (Å²) in [5.41, 5.74) is 2.30. The van der Waals surface area contributed by atoms with E-state index in [0.717, 1.165) is 5.56 Å². The molecule has 0 bridgehead atoms. The van der Waals surface area contributed by atoms with Crippen molar-refractivity contribution in [3.8, 4) is 0 Å². The lowest BCUT2D eigenvalue weighted by Crippen LogP contribution is -2.41. The molecule has 0 aliphatic rings.